The lowest BCUT2D eigenvalue weighted by molar-refractivity contribution is -0.123. The van der Waals surface area contributed by atoms with Gasteiger partial charge >= 0.3 is 0 Å². The lowest BCUT2D eigenvalue weighted by atomic mass is 10.0. The van der Waals surface area contributed by atoms with E-state index in [1.807, 2.05) is 25.1 Å². The van der Waals surface area contributed by atoms with E-state index in [9.17, 15) is 14.0 Å². The number of carbonyl (C=O) groups excluding carboxylic acids is 2. The first-order chi connectivity index (χ1) is 16.1. The second kappa shape index (κ2) is 8.14. The Labute approximate surface area is 207 Å². The average Bonchev–Trinajstić information content (AvgIpc) is 3.21. The van der Waals surface area contributed by atoms with Gasteiger partial charge in [-0.15, -0.1) is 11.8 Å². The van der Waals surface area contributed by atoms with Gasteiger partial charge in [-0.05, 0) is 68.8 Å². The number of nitrogens with zero attached hydrogens (tertiary/aromatic N) is 2. The first-order valence-electron chi connectivity index (χ1n) is 11.1. The van der Waals surface area contributed by atoms with Gasteiger partial charge in [0.1, 0.15) is 5.82 Å². The van der Waals surface area contributed by atoms with E-state index in [4.69, 9.17) is 11.6 Å². The Kier molecular flexibility index (Phi) is 5.49. The Morgan fingerprint density at radius 3 is 2.41 bits per heavy atom. The van der Waals surface area contributed by atoms with Gasteiger partial charge in [0.2, 0.25) is 0 Å². The Bertz CT molecular complexity index is 1290. The third kappa shape index (κ3) is 3.69. The fourth-order valence-electron chi connectivity index (χ4n) is 4.80. The number of hydrogen-bond acceptors (Lipinski definition) is 3. The Morgan fingerprint density at radius 1 is 1.06 bits per heavy atom. The van der Waals surface area contributed by atoms with Crippen molar-refractivity contribution in [1.29, 1.82) is 0 Å². The molecular weight excluding hydrogens is 471 g/mol. The highest BCUT2D eigenvalue weighted by Crippen LogP contribution is 2.60. The molecule has 0 aliphatic carbocycles. The molecule has 2 aliphatic rings. The SMILES string of the molecule is Cc1ccc2c(c1)C1(SC(C)(C)CN1C(=O)c1ccc(Cl)cc1)C(=O)N2Cc1ccc(F)cc1. The number of hydrogen-bond donors (Lipinski definition) is 0. The van der Waals surface area contributed by atoms with Crippen LogP contribution in [0.3, 0.4) is 0 Å². The van der Waals surface area contributed by atoms with E-state index in [0.29, 0.717) is 23.7 Å². The van der Waals surface area contributed by atoms with E-state index in [2.05, 4.69) is 13.8 Å². The van der Waals surface area contributed by atoms with Crippen LogP contribution in [0.15, 0.2) is 66.7 Å². The molecule has 2 heterocycles. The number of rotatable bonds is 3. The lowest BCUT2D eigenvalue weighted by Crippen LogP contribution is -2.50. The van der Waals surface area contributed by atoms with Crippen LogP contribution in [0.2, 0.25) is 5.02 Å². The third-order valence-corrected chi connectivity index (χ3v) is 8.12. The van der Waals surface area contributed by atoms with E-state index < -0.39 is 4.87 Å². The molecule has 0 bridgehead atoms. The quantitative estimate of drug-likeness (QED) is 0.438. The number of anilines is 1. The largest absolute Gasteiger partial charge is 0.310 e. The lowest BCUT2D eigenvalue weighted by Gasteiger charge is -2.33. The predicted octanol–water partition coefficient (Wildman–Crippen LogP) is 6.15. The number of thioether (sulfide) groups is 1. The van der Waals surface area contributed by atoms with E-state index >= 15 is 0 Å². The second-order valence-electron chi connectivity index (χ2n) is 9.44. The third-order valence-electron chi connectivity index (χ3n) is 6.28. The van der Waals surface area contributed by atoms with E-state index in [1.54, 1.807) is 46.2 Å². The maximum atomic E-state index is 14.3. The summed E-state index contributed by atoms with van der Waals surface area (Å²) < 4.78 is 13.1. The van der Waals surface area contributed by atoms with E-state index in [0.717, 1.165) is 22.4 Å². The molecule has 1 atom stereocenters. The number of carbonyl (C=O) groups is 2. The van der Waals surface area contributed by atoms with Crippen molar-refractivity contribution in [3.8, 4) is 0 Å². The number of aryl methyl sites for hydroxylation is 1. The molecule has 34 heavy (non-hydrogen) atoms. The van der Waals surface area contributed by atoms with Gasteiger partial charge in [-0.1, -0.05) is 41.4 Å². The molecule has 7 heteroatoms. The molecule has 3 aromatic carbocycles. The summed E-state index contributed by atoms with van der Waals surface area (Å²) in [5.41, 5.74) is 3.91. The summed E-state index contributed by atoms with van der Waals surface area (Å²) in [6.07, 6.45) is 0. The molecular formula is C27H24ClFN2O2S. The monoisotopic (exact) mass is 494 g/mol. The molecule has 4 nitrogen and oxygen atoms in total. The minimum atomic E-state index is -1.18. The van der Waals surface area contributed by atoms with Crippen LogP contribution in [-0.4, -0.2) is 28.0 Å². The van der Waals surface area contributed by atoms with E-state index in [1.165, 1.54) is 23.9 Å². The standard InChI is InChI=1S/C27H24ClFN2O2S/c1-17-4-13-23-22(14-17)27(25(33)30(23)15-18-5-11-21(29)12-6-18)31(16-26(2,3)34-27)24(32)19-7-9-20(28)10-8-19/h4-14H,15-16H2,1-3H3. The molecule has 0 saturated carbocycles. The molecule has 1 spiro atoms. The zero-order chi connectivity index (χ0) is 24.3. The van der Waals surface area contributed by atoms with Gasteiger partial charge in [0.05, 0.1) is 12.2 Å². The maximum absolute atomic E-state index is 14.3. The van der Waals surface area contributed by atoms with Gasteiger partial charge in [-0.2, -0.15) is 0 Å². The van der Waals surface area contributed by atoms with Gasteiger partial charge in [0, 0.05) is 27.4 Å². The fraction of sp³-hybridized carbons (Fsp3) is 0.259. The summed E-state index contributed by atoms with van der Waals surface area (Å²) in [7, 11) is 0. The summed E-state index contributed by atoms with van der Waals surface area (Å²) >= 11 is 7.56. The Morgan fingerprint density at radius 2 is 1.74 bits per heavy atom. The van der Waals surface area contributed by atoms with Gasteiger partial charge in [-0.25, -0.2) is 4.39 Å². The molecule has 3 aromatic rings. The fourth-order valence-corrected chi connectivity index (χ4v) is 6.64. The number of amides is 2. The molecule has 0 aromatic heterocycles. The van der Waals surface area contributed by atoms with Crippen molar-refractivity contribution in [1.82, 2.24) is 4.90 Å². The van der Waals surface area contributed by atoms with Gasteiger partial charge in [0.25, 0.3) is 11.8 Å². The molecule has 1 unspecified atom stereocenters. The highest BCUT2D eigenvalue weighted by atomic mass is 35.5. The van der Waals surface area contributed by atoms with Crippen LogP contribution in [-0.2, 0) is 16.2 Å². The topological polar surface area (TPSA) is 40.6 Å². The normalized spacial score (nSPS) is 20.8. The molecule has 0 radical (unpaired) electrons. The highest BCUT2D eigenvalue weighted by Gasteiger charge is 2.63. The van der Waals surface area contributed by atoms with Crippen LogP contribution >= 0.6 is 23.4 Å². The van der Waals surface area contributed by atoms with Gasteiger partial charge < -0.3 is 9.80 Å². The zero-order valence-corrected chi connectivity index (χ0v) is 20.7. The van der Waals surface area contributed by atoms with Crippen molar-refractivity contribution in [2.75, 3.05) is 11.4 Å². The number of fused-ring (bicyclic) bond motifs is 2. The molecule has 2 amide bonds. The van der Waals surface area contributed by atoms with Gasteiger partial charge in [0.15, 0.2) is 4.87 Å². The first kappa shape index (κ1) is 22.9. The van der Waals surface area contributed by atoms with Crippen LogP contribution in [0.4, 0.5) is 10.1 Å². The molecule has 0 N–H and O–H groups in total. The van der Waals surface area contributed by atoms with Crippen molar-refractivity contribution >= 4 is 40.9 Å². The zero-order valence-electron chi connectivity index (χ0n) is 19.1. The number of halogens is 2. The Hall–Kier alpha value is -2.83. The summed E-state index contributed by atoms with van der Waals surface area (Å²) in [4.78, 5) is 30.3. The number of benzene rings is 3. The van der Waals surface area contributed by atoms with Crippen molar-refractivity contribution < 1.29 is 14.0 Å². The second-order valence-corrected chi connectivity index (χ2v) is 11.8. The summed E-state index contributed by atoms with van der Waals surface area (Å²) in [5.74, 6) is -0.689. The van der Waals surface area contributed by atoms with Crippen LogP contribution in [0.5, 0.6) is 0 Å². The van der Waals surface area contributed by atoms with Crippen molar-refractivity contribution in [3.05, 3.63) is 99.8 Å². The van der Waals surface area contributed by atoms with Crippen LogP contribution in [0, 0.1) is 12.7 Å². The van der Waals surface area contributed by atoms with Gasteiger partial charge in [-0.3, -0.25) is 9.59 Å². The van der Waals surface area contributed by atoms with Crippen LogP contribution < -0.4 is 4.90 Å². The van der Waals surface area contributed by atoms with Crippen molar-refractivity contribution in [3.63, 3.8) is 0 Å². The van der Waals surface area contributed by atoms with Crippen molar-refractivity contribution in [2.24, 2.45) is 0 Å². The van der Waals surface area contributed by atoms with E-state index in [-0.39, 0.29) is 22.4 Å². The summed E-state index contributed by atoms with van der Waals surface area (Å²) in [5, 5.41) is 0.547. The molecule has 174 valence electrons. The van der Waals surface area contributed by atoms with Crippen LogP contribution in [0.25, 0.3) is 0 Å². The van der Waals surface area contributed by atoms with Crippen LogP contribution in [0.1, 0.15) is 40.9 Å². The minimum absolute atomic E-state index is 0.157. The molecule has 5 rings (SSSR count). The summed E-state index contributed by atoms with van der Waals surface area (Å²) in [6, 6.07) is 18.8. The Balaban J connectivity index is 1.64. The predicted molar refractivity (Wildman–Crippen MR) is 135 cm³/mol. The maximum Gasteiger partial charge on any atom is 0.268 e. The minimum Gasteiger partial charge on any atom is -0.310 e. The average molecular weight is 495 g/mol. The smallest absolute Gasteiger partial charge is 0.268 e. The molecule has 1 saturated heterocycles. The highest BCUT2D eigenvalue weighted by molar-refractivity contribution is 8.02. The molecule has 1 fully saturated rings. The van der Waals surface area contributed by atoms with Crippen molar-refractivity contribution in [2.45, 2.75) is 36.9 Å². The summed E-state index contributed by atoms with van der Waals surface area (Å²) in [6.45, 7) is 6.81. The first-order valence-corrected chi connectivity index (χ1v) is 12.3. The molecule has 2 aliphatic heterocycles.